The average Bonchev–Trinajstić information content (AvgIpc) is 4.03. The Morgan fingerprint density at radius 3 is 2.44 bits per heavy atom. The summed E-state index contributed by atoms with van der Waals surface area (Å²) < 4.78 is 90.7. The van der Waals surface area contributed by atoms with Gasteiger partial charge in [0.05, 0.1) is 24.0 Å². The summed E-state index contributed by atoms with van der Waals surface area (Å²) in [4.78, 5) is 59.2. The predicted octanol–water partition coefficient (Wildman–Crippen LogP) is 5.55. The van der Waals surface area contributed by atoms with E-state index in [2.05, 4.69) is 20.9 Å². The molecule has 1 unspecified atom stereocenters. The highest BCUT2D eigenvalue weighted by Crippen LogP contribution is 2.47. The zero-order valence-electron chi connectivity index (χ0n) is 33.4. The van der Waals surface area contributed by atoms with Crippen LogP contribution in [0.2, 0.25) is 0 Å². The van der Waals surface area contributed by atoms with E-state index in [-0.39, 0.29) is 61.7 Å². The van der Waals surface area contributed by atoms with E-state index in [1.165, 1.54) is 11.0 Å². The molecule has 4 heterocycles. The van der Waals surface area contributed by atoms with E-state index in [1.807, 2.05) is 0 Å². The van der Waals surface area contributed by atoms with Crippen LogP contribution in [-0.4, -0.2) is 107 Å². The summed E-state index contributed by atoms with van der Waals surface area (Å²) in [6, 6.07) is 11.0. The highest BCUT2D eigenvalue weighted by Gasteiger charge is 2.51. The molecule has 14 nitrogen and oxygen atoms in total. The monoisotopic (exact) mass is 885 g/mol. The number of amides is 4. The van der Waals surface area contributed by atoms with Gasteiger partial charge in [0.2, 0.25) is 17.7 Å². The number of carbonyl (C=O) groups is 4. The minimum atomic E-state index is -4.91. The number of nitrogens with zero attached hydrogens (tertiary/aromatic N) is 6. The van der Waals surface area contributed by atoms with E-state index < -0.39 is 72.0 Å². The SMILES string of the molecule is CC1(C)C(=O)N(c2cnc(C#N)c(C(F)(F)F)c2)C(=S)N1c1ccc(OCCN2CCN(CC(=O)Nc3cccc(NC4CCC(=O)NC4=O)c3)[C@H](C(F)(F)F)C2)c(C2CC2)c1. The number of aromatic nitrogens is 1. The molecule has 3 aliphatic heterocycles. The number of alkyl halides is 6. The van der Waals surface area contributed by atoms with E-state index >= 15 is 0 Å². The summed E-state index contributed by atoms with van der Waals surface area (Å²) in [5, 5.41) is 17.0. The number of thiocarbonyl (C=S) groups is 1. The molecule has 3 aromatic rings. The smallest absolute Gasteiger partial charge is 0.419 e. The standard InChI is InChI=1S/C41H41F6N9O5S/c1-39(2)37(60)55(27-18-29(40(42,43)44)31(19-48)49-20-27)38(62)56(39)26-8-10-32(28(17-26)23-6-7-23)61-15-14-53-12-13-54(33(21-53)41(45,46)47)22-35(58)51-25-5-3-4-24(16-25)50-30-9-11-34(57)52-36(30)59/h3-5,8,10,16-18,20,23,30,33,50H,6-7,9,11-15,21-22H2,1-2H3,(H,51,58)(H,52,57,59)/t30?,33-/m0/s1. The molecule has 1 aromatic heterocycles. The van der Waals surface area contributed by atoms with Gasteiger partial charge in [0.15, 0.2) is 10.8 Å². The summed E-state index contributed by atoms with van der Waals surface area (Å²) in [6.45, 7) is 2.62. The van der Waals surface area contributed by atoms with E-state index in [9.17, 15) is 50.8 Å². The van der Waals surface area contributed by atoms with Crippen LogP contribution in [0.1, 0.15) is 62.3 Å². The fourth-order valence-corrected chi connectivity index (χ4v) is 8.35. The van der Waals surface area contributed by atoms with Gasteiger partial charge in [0, 0.05) is 49.7 Å². The molecule has 2 aromatic carbocycles. The Morgan fingerprint density at radius 1 is 1.02 bits per heavy atom. The lowest BCUT2D eigenvalue weighted by Gasteiger charge is -2.41. The quantitative estimate of drug-likeness (QED) is 0.118. The van der Waals surface area contributed by atoms with Crippen LogP contribution in [-0.2, 0) is 25.4 Å². The lowest BCUT2D eigenvalue weighted by molar-refractivity contribution is -0.197. The van der Waals surface area contributed by atoms with Crippen molar-refractivity contribution in [1.82, 2.24) is 20.1 Å². The minimum absolute atomic E-state index is 0.0421. The average molecular weight is 886 g/mol. The number of nitrogens with one attached hydrogen (secondary N) is 3. The maximum atomic E-state index is 14.4. The normalized spacial score (nSPS) is 21.1. The fourth-order valence-electron chi connectivity index (χ4n) is 7.83. The Kier molecular flexibility index (Phi) is 12.2. The minimum Gasteiger partial charge on any atom is -0.492 e. The second-order valence-electron chi connectivity index (χ2n) is 16.0. The zero-order chi connectivity index (χ0) is 44.7. The number of nitriles is 1. The number of rotatable bonds is 12. The van der Waals surface area contributed by atoms with Crippen LogP contribution in [0, 0.1) is 11.3 Å². The Morgan fingerprint density at radius 2 is 1.76 bits per heavy atom. The highest BCUT2D eigenvalue weighted by atomic mass is 32.1. The number of imide groups is 1. The van der Waals surface area contributed by atoms with Crippen molar-refractivity contribution in [3.05, 3.63) is 71.5 Å². The summed E-state index contributed by atoms with van der Waals surface area (Å²) in [6.07, 6.45) is -6.43. The number of piperidine rings is 1. The number of ether oxygens (including phenoxy) is 1. The summed E-state index contributed by atoms with van der Waals surface area (Å²) in [5.74, 6) is -1.51. The molecule has 328 valence electrons. The molecular weight excluding hydrogens is 845 g/mol. The maximum Gasteiger partial charge on any atom is 0.419 e. The summed E-state index contributed by atoms with van der Waals surface area (Å²) in [5.41, 5.74) is -1.67. The van der Waals surface area contributed by atoms with Crippen molar-refractivity contribution >= 4 is 63.7 Å². The van der Waals surface area contributed by atoms with Gasteiger partial charge in [-0.1, -0.05) is 6.07 Å². The van der Waals surface area contributed by atoms with Gasteiger partial charge < -0.3 is 20.3 Å². The van der Waals surface area contributed by atoms with Crippen LogP contribution in [0.4, 0.5) is 49.1 Å². The van der Waals surface area contributed by atoms with Crippen LogP contribution in [0.3, 0.4) is 0 Å². The number of hydrogen-bond acceptors (Lipinski definition) is 11. The summed E-state index contributed by atoms with van der Waals surface area (Å²) in [7, 11) is 0. The van der Waals surface area contributed by atoms with Crippen LogP contribution in [0.5, 0.6) is 5.75 Å². The van der Waals surface area contributed by atoms with Gasteiger partial charge in [-0.25, -0.2) is 4.98 Å². The van der Waals surface area contributed by atoms with Crippen LogP contribution in [0.25, 0.3) is 0 Å². The van der Waals surface area contributed by atoms with Crippen molar-refractivity contribution in [2.75, 3.05) is 59.8 Å². The van der Waals surface area contributed by atoms with E-state index in [0.29, 0.717) is 28.9 Å². The first-order valence-electron chi connectivity index (χ1n) is 19.7. The second-order valence-corrected chi connectivity index (χ2v) is 16.3. The van der Waals surface area contributed by atoms with Gasteiger partial charge in [0.1, 0.15) is 36.0 Å². The lowest BCUT2D eigenvalue weighted by atomic mass is 10.0. The van der Waals surface area contributed by atoms with Crippen LogP contribution >= 0.6 is 12.2 Å². The van der Waals surface area contributed by atoms with E-state index in [4.69, 9.17) is 17.0 Å². The van der Waals surface area contributed by atoms with Crippen molar-refractivity contribution in [1.29, 1.82) is 5.26 Å². The zero-order valence-corrected chi connectivity index (χ0v) is 34.2. The molecule has 1 saturated carbocycles. The molecule has 4 amide bonds. The number of benzene rings is 2. The first-order chi connectivity index (χ1) is 29.2. The second kappa shape index (κ2) is 17.1. The molecule has 2 atom stereocenters. The van der Waals surface area contributed by atoms with Crippen molar-refractivity contribution < 1.29 is 50.3 Å². The molecule has 4 aliphatic rings. The third-order valence-corrected chi connectivity index (χ3v) is 11.5. The van der Waals surface area contributed by atoms with Crippen molar-refractivity contribution in [2.24, 2.45) is 0 Å². The molecule has 0 bridgehead atoms. The predicted molar refractivity (Wildman–Crippen MR) is 217 cm³/mol. The van der Waals surface area contributed by atoms with Crippen molar-refractivity contribution in [3.8, 4) is 11.8 Å². The lowest BCUT2D eigenvalue weighted by Crippen LogP contribution is -2.60. The number of anilines is 4. The number of pyridine rings is 1. The fraction of sp³-hybridized carbons (Fsp3) is 0.439. The molecule has 0 radical (unpaired) electrons. The first kappa shape index (κ1) is 44.2. The van der Waals surface area contributed by atoms with Gasteiger partial charge >= 0.3 is 12.4 Å². The van der Waals surface area contributed by atoms with Crippen molar-refractivity contribution in [3.63, 3.8) is 0 Å². The van der Waals surface area contributed by atoms with Crippen molar-refractivity contribution in [2.45, 2.75) is 75.4 Å². The molecule has 4 fully saturated rings. The molecule has 21 heteroatoms. The number of carbonyl (C=O) groups excluding carboxylic acids is 4. The van der Waals surface area contributed by atoms with Gasteiger partial charge in [0.25, 0.3) is 5.91 Å². The topological polar surface area (TPSA) is 163 Å². The highest BCUT2D eigenvalue weighted by molar-refractivity contribution is 7.81. The van der Waals surface area contributed by atoms with Gasteiger partial charge in [-0.15, -0.1) is 0 Å². The number of piperazine rings is 1. The third-order valence-electron chi connectivity index (χ3n) is 11.2. The third kappa shape index (κ3) is 9.46. The maximum absolute atomic E-state index is 14.4. The number of hydrogen-bond donors (Lipinski definition) is 3. The van der Waals surface area contributed by atoms with Gasteiger partial charge in [-0.3, -0.25) is 39.2 Å². The van der Waals surface area contributed by atoms with Gasteiger partial charge in [-0.2, -0.15) is 31.6 Å². The van der Waals surface area contributed by atoms with Gasteiger partial charge in [-0.05, 0) is 99.3 Å². The molecule has 7 rings (SSSR count). The van der Waals surface area contributed by atoms with E-state index in [1.54, 1.807) is 61.2 Å². The Bertz CT molecular complexity index is 2330. The molecule has 0 spiro atoms. The molecule has 1 aliphatic carbocycles. The van der Waals surface area contributed by atoms with Crippen LogP contribution in [0.15, 0.2) is 54.7 Å². The molecule has 3 saturated heterocycles. The Hall–Kier alpha value is -5.85. The van der Waals surface area contributed by atoms with Crippen LogP contribution < -0.4 is 30.5 Å². The molecule has 3 N–H and O–H groups in total. The van der Waals surface area contributed by atoms with E-state index in [0.717, 1.165) is 34.4 Å². The summed E-state index contributed by atoms with van der Waals surface area (Å²) >= 11 is 5.67. The largest absolute Gasteiger partial charge is 0.492 e. The Balaban J connectivity index is 0.970. The Labute approximate surface area is 357 Å². The first-order valence-corrected chi connectivity index (χ1v) is 20.1. The molecule has 62 heavy (non-hydrogen) atoms. The molecular formula is C41H41F6N9O5S. The number of halogens is 6.